The van der Waals surface area contributed by atoms with Gasteiger partial charge in [-0.25, -0.2) is 0 Å². The molecule has 0 heterocycles. The van der Waals surface area contributed by atoms with E-state index in [0.29, 0.717) is 6.61 Å². The minimum Gasteiger partial charge on any atom is -0.396 e. The Balaban J connectivity index is 2.17. The summed E-state index contributed by atoms with van der Waals surface area (Å²) in [6.07, 6.45) is 6.67. The molecule has 17 heavy (non-hydrogen) atoms. The molecule has 1 N–H and O–H groups in total. The Hall–Kier alpha value is -1.26. The van der Waals surface area contributed by atoms with Crippen molar-refractivity contribution in [3.63, 3.8) is 0 Å². The summed E-state index contributed by atoms with van der Waals surface area (Å²) in [6.45, 7) is 2.42. The van der Waals surface area contributed by atoms with E-state index in [1.807, 2.05) is 12.1 Å². The maximum atomic E-state index is 8.64. The Kier molecular flexibility index (Phi) is 7.18. The van der Waals surface area contributed by atoms with Gasteiger partial charge in [-0.05, 0) is 31.4 Å². The molecule has 92 valence electrons. The third kappa shape index (κ3) is 6.14. The molecule has 0 bridgehead atoms. The van der Waals surface area contributed by atoms with Crippen LogP contribution in [0.2, 0.25) is 0 Å². The van der Waals surface area contributed by atoms with E-state index in [0.717, 1.165) is 24.8 Å². The molecular weight excluding hydrogens is 208 g/mol. The Labute approximate surface area is 105 Å². The van der Waals surface area contributed by atoms with Crippen LogP contribution in [-0.2, 0) is 0 Å². The van der Waals surface area contributed by atoms with Gasteiger partial charge in [0.15, 0.2) is 0 Å². The summed E-state index contributed by atoms with van der Waals surface area (Å²) < 4.78 is 0. The van der Waals surface area contributed by atoms with E-state index in [-0.39, 0.29) is 0 Å². The summed E-state index contributed by atoms with van der Waals surface area (Å²) in [4.78, 5) is 0. The lowest BCUT2D eigenvalue weighted by atomic mass is 10.1. The van der Waals surface area contributed by atoms with Gasteiger partial charge < -0.3 is 5.11 Å². The minimum atomic E-state index is 0.326. The van der Waals surface area contributed by atoms with Crippen molar-refractivity contribution >= 4 is 0 Å². The average molecular weight is 230 g/mol. The standard InChI is InChI=1S/C16H22O/c1-15-11-8-9-13-16(15)12-7-5-3-2-4-6-10-14-17/h8-9,11,13,17H,2-6,10,14H2,1H3. The zero-order valence-electron chi connectivity index (χ0n) is 10.7. The van der Waals surface area contributed by atoms with E-state index in [1.54, 1.807) is 0 Å². The molecule has 1 heteroatoms. The summed E-state index contributed by atoms with van der Waals surface area (Å²) in [7, 11) is 0. The van der Waals surface area contributed by atoms with Crippen molar-refractivity contribution in [1.29, 1.82) is 0 Å². The first-order valence-electron chi connectivity index (χ1n) is 6.50. The van der Waals surface area contributed by atoms with Crippen LogP contribution in [0, 0.1) is 18.8 Å². The SMILES string of the molecule is Cc1ccccc1C#CCCCCCCCO. The number of benzene rings is 1. The molecule has 0 aliphatic rings. The Bertz CT molecular complexity index is 371. The lowest BCUT2D eigenvalue weighted by molar-refractivity contribution is 0.282. The first kappa shape index (κ1) is 13.8. The van der Waals surface area contributed by atoms with E-state index < -0.39 is 0 Å². The van der Waals surface area contributed by atoms with Crippen LogP contribution in [-0.4, -0.2) is 11.7 Å². The van der Waals surface area contributed by atoms with Crippen LogP contribution in [0.5, 0.6) is 0 Å². The van der Waals surface area contributed by atoms with Crippen molar-refractivity contribution in [2.24, 2.45) is 0 Å². The van der Waals surface area contributed by atoms with E-state index in [4.69, 9.17) is 5.11 Å². The predicted octanol–water partition coefficient (Wildman–Crippen LogP) is 3.68. The summed E-state index contributed by atoms with van der Waals surface area (Å²) in [5.41, 5.74) is 2.40. The normalized spacial score (nSPS) is 9.76. The molecule has 0 atom stereocenters. The lowest BCUT2D eigenvalue weighted by Crippen LogP contribution is -1.83. The monoisotopic (exact) mass is 230 g/mol. The lowest BCUT2D eigenvalue weighted by Gasteiger charge is -1.97. The quantitative estimate of drug-likeness (QED) is 0.584. The highest BCUT2D eigenvalue weighted by molar-refractivity contribution is 5.40. The van der Waals surface area contributed by atoms with Crippen molar-refractivity contribution in [3.8, 4) is 11.8 Å². The molecule has 0 aromatic heterocycles. The van der Waals surface area contributed by atoms with Gasteiger partial charge in [0, 0.05) is 18.6 Å². The van der Waals surface area contributed by atoms with Crippen LogP contribution in [0.1, 0.15) is 49.7 Å². The second kappa shape index (κ2) is 8.84. The highest BCUT2D eigenvalue weighted by atomic mass is 16.2. The van der Waals surface area contributed by atoms with E-state index in [9.17, 15) is 0 Å². The number of aryl methyl sites for hydroxylation is 1. The van der Waals surface area contributed by atoms with Gasteiger partial charge in [-0.1, -0.05) is 49.3 Å². The molecule has 1 rings (SSSR count). The van der Waals surface area contributed by atoms with Gasteiger partial charge in [0.1, 0.15) is 0 Å². The van der Waals surface area contributed by atoms with Crippen LogP contribution < -0.4 is 0 Å². The summed E-state index contributed by atoms with van der Waals surface area (Å²) in [5, 5.41) is 8.64. The third-order valence-corrected chi connectivity index (χ3v) is 2.83. The van der Waals surface area contributed by atoms with E-state index in [1.165, 1.54) is 24.8 Å². The molecule has 0 aliphatic heterocycles. The maximum Gasteiger partial charge on any atom is 0.0431 e. The molecule has 0 saturated heterocycles. The van der Waals surface area contributed by atoms with Gasteiger partial charge in [-0.3, -0.25) is 0 Å². The van der Waals surface area contributed by atoms with Crippen LogP contribution in [0.4, 0.5) is 0 Å². The third-order valence-electron chi connectivity index (χ3n) is 2.83. The average Bonchev–Trinajstić information content (AvgIpc) is 2.35. The highest BCUT2D eigenvalue weighted by Gasteiger charge is 1.91. The molecule has 1 aromatic carbocycles. The molecule has 0 saturated carbocycles. The van der Waals surface area contributed by atoms with Gasteiger partial charge in [0.2, 0.25) is 0 Å². The van der Waals surface area contributed by atoms with Crippen molar-refractivity contribution in [3.05, 3.63) is 35.4 Å². The molecule has 1 aromatic rings. The zero-order chi connectivity index (χ0) is 12.3. The van der Waals surface area contributed by atoms with Crippen LogP contribution in [0.3, 0.4) is 0 Å². The number of rotatable bonds is 6. The molecule has 0 amide bonds. The second-order valence-electron chi connectivity index (χ2n) is 4.36. The summed E-state index contributed by atoms with van der Waals surface area (Å²) in [6, 6.07) is 8.25. The van der Waals surface area contributed by atoms with Crippen molar-refractivity contribution < 1.29 is 5.11 Å². The fourth-order valence-corrected chi connectivity index (χ4v) is 1.73. The number of hydrogen-bond acceptors (Lipinski definition) is 1. The zero-order valence-corrected chi connectivity index (χ0v) is 10.7. The fraction of sp³-hybridized carbons (Fsp3) is 0.500. The number of hydrogen-bond donors (Lipinski definition) is 1. The van der Waals surface area contributed by atoms with Gasteiger partial charge >= 0.3 is 0 Å². The molecule has 0 spiro atoms. The fourth-order valence-electron chi connectivity index (χ4n) is 1.73. The first-order valence-corrected chi connectivity index (χ1v) is 6.50. The van der Waals surface area contributed by atoms with Gasteiger partial charge in [0.05, 0.1) is 0 Å². The molecule has 1 nitrogen and oxygen atoms in total. The van der Waals surface area contributed by atoms with Gasteiger partial charge in [-0.15, -0.1) is 0 Å². The number of aliphatic hydroxyl groups is 1. The molecule has 0 aliphatic carbocycles. The molecular formula is C16H22O. The van der Waals surface area contributed by atoms with Gasteiger partial charge in [-0.2, -0.15) is 0 Å². The van der Waals surface area contributed by atoms with Crippen molar-refractivity contribution in [2.45, 2.75) is 45.4 Å². The number of unbranched alkanes of at least 4 members (excludes halogenated alkanes) is 5. The highest BCUT2D eigenvalue weighted by Crippen LogP contribution is 2.06. The minimum absolute atomic E-state index is 0.326. The van der Waals surface area contributed by atoms with Crippen molar-refractivity contribution in [1.82, 2.24) is 0 Å². The molecule has 0 fully saturated rings. The van der Waals surface area contributed by atoms with Gasteiger partial charge in [0.25, 0.3) is 0 Å². The summed E-state index contributed by atoms with van der Waals surface area (Å²) in [5.74, 6) is 6.46. The smallest absolute Gasteiger partial charge is 0.0431 e. The Morgan fingerprint density at radius 3 is 2.47 bits per heavy atom. The van der Waals surface area contributed by atoms with Crippen molar-refractivity contribution in [2.75, 3.05) is 6.61 Å². The van der Waals surface area contributed by atoms with E-state index >= 15 is 0 Å². The van der Waals surface area contributed by atoms with Crippen LogP contribution in [0.15, 0.2) is 24.3 Å². The van der Waals surface area contributed by atoms with E-state index in [2.05, 4.69) is 30.9 Å². The topological polar surface area (TPSA) is 20.2 Å². The second-order valence-corrected chi connectivity index (χ2v) is 4.36. The molecule has 0 unspecified atom stereocenters. The Morgan fingerprint density at radius 2 is 1.71 bits per heavy atom. The first-order chi connectivity index (χ1) is 8.34. The maximum absolute atomic E-state index is 8.64. The van der Waals surface area contributed by atoms with Crippen LogP contribution >= 0.6 is 0 Å². The Morgan fingerprint density at radius 1 is 1.00 bits per heavy atom. The summed E-state index contributed by atoms with van der Waals surface area (Å²) >= 11 is 0. The largest absolute Gasteiger partial charge is 0.396 e. The molecule has 0 radical (unpaired) electrons. The van der Waals surface area contributed by atoms with Crippen LogP contribution in [0.25, 0.3) is 0 Å². The predicted molar refractivity (Wildman–Crippen MR) is 72.8 cm³/mol. The number of aliphatic hydroxyl groups excluding tert-OH is 1.